The van der Waals surface area contributed by atoms with Crippen molar-refractivity contribution in [1.82, 2.24) is 5.32 Å². The van der Waals surface area contributed by atoms with E-state index in [1.165, 1.54) is 19.3 Å². The third kappa shape index (κ3) is 4.81. The summed E-state index contributed by atoms with van der Waals surface area (Å²) in [5.74, 6) is -0.162. The minimum atomic E-state index is -0.224. The molecule has 2 amide bonds. The summed E-state index contributed by atoms with van der Waals surface area (Å²) >= 11 is 0. The molecule has 0 bridgehead atoms. The second-order valence-corrected chi connectivity index (χ2v) is 6.40. The van der Waals surface area contributed by atoms with Crippen LogP contribution in [0, 0.1) is 12.8 Å². The second-order valence-electron chi connectivity index (χ2n) is 6.40. The van der Waals surface area contributed by atoms with E-state index >= 15 is 0 Å². The van der Waals surface area contributed by atoms with Crippen molar-refractivity contribution in [3.8, 4) is 0 Å². The predicted molar refractivity (Wildman–Crippen MR) is 93.4 cm³/mol. The number of anilines is 1. The molecule has 23 heavy (non-hydrogen) atoms. The Labute approximate surface area is 139 Å². The third-order valence-electron chi connectivity index (χ3n) is 4.48. The molecule has 1 aliphatic rings. The number of carbonyl (C=O) groups is 2. The summed E-state index contributed by atoms with van der Waals surface area (Å²) in [6, 6.07) is 7.83. The van der Waals surface area contributed by atoms with Crippen LogP contribution >= 0.6 is 0 Å². The first-order chi connectivity index (χ1) is 11.1. The van der Waals surface area contributed by atoms with Gasteiger partial charge in [-0.25, -0.2) is 0 Å². The number of amides is 2. The Bertz CT molecular complexity index is 542. The van der Waals surface area contributed by atoms with E-state index in [1.54, 1.807) is 4.90 Å². The first-order valence-electron chi connectivity index (χ1n) is 8.77. The zero-order valence-corrected chi connectivity index (χ0v) is 14.3. The van der Waals surface area contributed by atoms with Gasteiger partial charge in [-0.3, -0.25) is 9.59 Å². The van der Waals surface area contributed by atoms with Crippen LogP contribution in [0.2, 0.25) is 0 Å². The highest BCUT2D eigenvalue weighted by atomic mass is 16.2. The van der Waals surface area contributed by atoms with Crippen molar-refractivity contribution in [3.63, 3.8) is 0 Å². The molecular weight excluding hydrogens is 288 g/mol. The first-order valence-corrected chi connectivity index (χ1v) is 8.77. The van der Waals surface area contributed by atoms with Gasteiger partial charge in [-0.15, -0.1) is 0 Å². The van der Waals surface area contributed by atoms with E-state index in [9.17, 15) is 9.59 Å². The molecule has 0 radical (unpaired) electrons. The van der Waals surface area contributed by atoms with E-state index < -0.39 is 0 Å². The van der Waals surface area contributed by atoms with Crippen molar-refractivity contribution >= 4 is 17.5 Å². The molecule has 1 unspecified atom stereocenters. The van der Waals surface area contributed by atoms with Gasteiger partial charge in [-0.05, 0) is 25.0 Å². The Hall–Kier alpha value is -1.84. The fourth-order valence-electron chi connectivity index (χ4n) is 3.07. The number of hydrogen-bond donors (Lipinski definition) is 1. The third-order valence-corrected chi connectivity index (χ3v) is 4.48. The van der Waals surface area contributed by atoms with Gasteiger partial charge < -0.3 is 10.2 Å². The molecule has 1 saturated heterocycles. The molecule has 1 heterocycles. The van der Waals surface area contributed by atoms with Crippen LogP contribution in [0.3, 0.4) is 0 Å². The average Bonchev–Trinajstić information content (AvgIpc) is 2.93. The van der Waals surface area contributed by atoms with Gasteiger partial charge in [-0.2, -0.15) is 0 Å². The minimum absolute atomic E-state index is 0.0184. The lowest BCUT2D eigenvalue weighted by Crippen LogP contribution is -2.33. The van der Waals surface area contributed by atoms with Crippen molar-refractivity contribution < 1.29 is 9.59 Å². The smallest absolute Gasteiger partial charge is 0.227 e. The molecule has 1 aliphatic heterocycles. The summed E-state index contributed by atoms with van der Waals surface area (Å²) in [7, 11) is 0. The van der Waals surface area contributed by atoms with Gasteiger partial charge in [0, 0.05) is 25.2 Å². The van der Waals surface area contributed by atoms with E-state index in [0.717, 1.165) is 30.6 Å². The molecule has 4 nitrogen and oxygen atoms in total. The summed E-state index contributed by atoms with van der Waals surface area (Å²) in [6.07, 6.45) is 6.22. The Morgan fingerprint density at radius 2 is 1.96 bits per heavy atom. The average molecular weight is 316 g/mol. The normalized spacial score (nSPS) is 17.6. The summed E-state index contributed by atoms with van der Waals surface area (Å²) in [4.78, 5) is 26.2. The monoisotopic (exact) mass is 316 g/mol. The molecule has 4 heteroatoms. The molecule has 126 valence electrons. The lowest BCUT2D eigenvalue weighted by Gasteiger charge is -2.19. The molecule has 1 aromatic rings. The Balaban J connectivity index is 1.80. The fourth-order valence-corrected chi connectivity index (χ4v) is 3.07. The summed E-state index contributed by atoms with van der Waals surface area (Å²) in [5, 5.41) is 2.99. The lowest BCUT2D eigenvalue weighted by atomic mass is 10.1. The molecule has 1 N–H and O–H groups in total. The zero-order chi connectivity index (χ0) is 16.7. The van der Waals surface area contributed by atoms with Crippen molar-refractivity contribution in [3.05, 3.63) is 29.8 Å². The number of benzene rings is 1. The van der Waals surface area contributed by atoms with Crippen molar-refractivity contribution in [1.29, 1.82) is 0 Å². The molecule has 0 aromatic heterocycles. The van der Waals surface area contributed by atoms with Crippen LogP contribution < -0.4 is 10.2 Å². The Morgan fingerprint density at radius 3 is 2.70 bits per heavy atom. The molecule has 2 rings (SSSR count). The van der Waals surface area contributed by atoms with Gasteiger partial charge in [-0.1, -0.05) is 50.8 Å². The quantitative estimate of drug-likeness (QED) is 0.747. The summed E-state index contributed by atoms with van der Waals surface area (Å²) in [5.41, 5.74) is 1.99. The van der Waals surface area contributed by atoms with Gasteiger partial charge in [0.1, 0.15) is 0 Å². The number of hydrogen-bond acceptors (Lipinski definition) is 2. The van der Waals surface area contributed by atoms with Crippen molar-refractivity contribution in [2.75, 3.05) is 18.0 Å². The first kappa shape index (κ1) is 17.5. The van der Waals surface area contributed by atoms with E-state index in [-0.39, 0.29) is 17.7 Å². The number of nitrogens with zero attached hydrogens (tertiary/aromatic N) is 1. The highest BCUT2D eigenvalue weighted by molar-refractivity contribution is 6.00. The van der Waals surface area contributed by atoms with Gasteiger partial charge in [0.15, 0.2) is 0 Å². The molecular formula is C19H28N2O2. The van der Waals surface area contributed by atoms with E-state index in [0.29, 0.717) is 13.0 Å². The highest BCUT2D eigenvalue weighted by Gasteiger charge is 2.35. The number of aryl methyl sites for hydroxylation is 1. The highest BCUT2D eigenvalue weighted by Crippen LogP contribution is 2.27. The largest absolute Gasteiger partial charge is 0.356 e. The lowest BCUT2D eigenvalue weighted by molar-refractivity contribution is -0.126. The maximum atomic E-state index is 12.3. The molecule has 1 atom stereocenters. The number of unbranched alkanes of at least 4 members (excludes halogenated alkanes) is 4. The molecule has 1 fully saturated rings. The summed E-state index contributed by atoms with van der Waals surface area (Å²) < 4.78 is 0. The molecule has 0 aliphatic carbocycles. The van der Waals surface area contributed by atoms with Gasteiger partial charge in [0.25, 0.3) is 0 Å². The van der Waals surface area contributed by atoms with Crippen LogP contribution in [0.4, 0.5) is 5.69 Å². The van der Waals surface area contributed by atoms with Crippen molar-refractivity contribution in [2.45, 2.75) is 52.4 Å². The maximum Gasteiger partial charge on any atom is 0.227 e. The number of nitrogens with one attached hydrogen (secondary N) is 1. The van der Waals surface area contributed by atoms with Crippen LogP contribution in [-0.4, -0.2) is 24.9 Å². The maximum absolute atomic E-state index is 12.3. The predicted octanol–water partition coefficient (Wildman–Crippen LogP) is 3.43. The number of carbonyl (C=O) groups excluding carboxylic acids is 2. The topological polar surface area (TPSA) is 49.4 Å². The minimum Gasteiger partial charge on any atom is -0.356 e. The van der Waals surface area contributed by atoms with Gasteiger partial charge in [0.2, 0.25) is 11.8 Å². The number of para-hydroxylation sites is 1. The van der Waals surface area contributed by atoms with Crippen LogP contribution in [0.15, 0.2) is 24.3 Å². The second kappa shape index (κ2) is 8.70. The van der Waals surface area contributed by atoms with Crippen LogP contribution in [-0.2, 0) is 9.59 Å². The molecule has 0 spiro atoms. The zero-order valence-electron chi connectivity index (χ0n) is 14.3. The number of rotatable bonds is 8. The fraction of sp³-hybridized carbons (Fsp3) is 0.579. The molecule has 1 aromatic carbocycles. The SMILES string of the molecule is CCCCCCCNC(=O)C1CC(=O)N(c2ccccc2C)C1. The molecule has 0 saturated carbocycles. The van der Waals surface area contributed by atoms with Crippen LogP contribution in [0.25, 0.3) is 0 Å². The van der Waals surface area contributed by atoms with Gasteiger partial charge in [0.05, 0.1) is 5.92 Å². The Morgan fingerprint density at radius 1 is 1.22 bits per heavy atom. The van der Waals surface area contributed by atoms with Crippen molar-refractivity contribution in [2.24, 2.45) is 5.92 Å². The standard InChI is InChI=1S/C19H28N2O2/c1-3-4-5-6-9-12-20-19(23)16-13-18(22)21(14-16)17-11-8-7-10-15(17)2/h7-8,10-11,16H,3-6,9,12-14H2,1-2H3,(H,20,23). The Kier molecular flexibility index (Phi) is 6.63. The van der Waals surface area contributed by atoms with Crippen LogP contribution in [0.5, 0.6) is 0 Å². The van der Waals surface area contributed by atoms with E-state index in [1.807, 2.05) is 31.2 Å². The van der Waals surface area contributed by atoms with E-state index in [4.69, 9.17) is 0 Å². The van der Waals surface area contributed by atoms with E-state index in [2.05, 4.69) is 12.2 Å². The van der Waals surface area contributed by atoms with Gasteiger partial charge >= 0.3 is 0 Å². The summed E-state index contributed by atoms with van der Waals surface area (Å²) in [6.45, 7) is 5.40. The van der Waals surface area contributed by atoms with Crippen LogP contribution in [0.1, 0.15) is 51.0 Å².